The van der Waals surface area contributed by atoms with E-state index < -0.39 is 0 Å². The van der Waals surface area contributed by atoms with Gasteiger partial charge in [0.2, 0.25) is 5.91 Å². The average Bonchev–Trinajstić information content (AvgIpc) is 2.15. The zero-order valence-electron chi connectivity index (χ0n) is 7.55. The molecule has 1 aliphatic heterocycles. The summed E-state index contributed by atoms with van der Waals surface area (Å²) in [4.78, 5) is 13.2. The summed E-state index contributed by atoms with van der Waals surface area (Å²) < 4.78 is 0. The van der Waals surface area contributed by atoms with Crippen LogP contribution in [0.5, 0.6) is 0 Å². The molecular formula is C8H16N3O. The zero-order chi connectivity index (χ0) is 8.81. The highest BCUT2D eigenvalue weighted by molar-refractivity contribution is 5.78. The Kier molecular flexibility index (Phi) is 4.04. The molecule has 1 heterocycles. The Morgan fingerprint density at radius 2 is 2.17 bits per heavy atom. The summed E-state index contributed by atoms with van der Waals surface area (Å²) in [6.07, 6.45) is 0. The minimum Gasteiger partial charge on any atom is -0.339 e. The van der Waals surface area contributed by atoms with E-state index in [1.54, 1.807) is 0 Å². The molecule has 0 aliphatic carbocycles. The van der Waals surface area contributed by atoms with Crippen molar-refractivity contribution >= 4 is 5.91 Å². The van der Waals surface area contributed by atoms with Gasteiger partial charge in [-0.25, -0.2) is 5.32 Å². The third kappa shape index (κ3) is 2.79. The number of carbonyl (C=O) groups excluding carboxylic acids is 1. The fraction of sp³-hybridized carbons (Fsp3) is 0.875. The Morgan fingerprint density at radius 3 is 2.75 bits per heavy atom. The van der Waals surface area contributed by atoms with Crippen LogP contribution in [-0.4, -0.2) is 50.1 Å². The van der Waals surface area contributed by atoms with E-state index in [-0.39, 0.29) is 5.91 Å². The van der Waals surface area contributed by atoms with Crippen LogP contribution in [0.1, 0.15) is 6.92 Å². The summed E-state index contributed by atoms with van der Waals surface area (Å²) in [5, 5.41) is 7.20. The molecule has 4 heteroatoms. The maximum absolute atomic E-state index is 11.4. The quantitative estimate of drug-likeness (QED) is 0.593. The van der Waals surface area contributed by atoms with E-state index in [0.29, 0.717) is 6.54 Å². The van der Waals surface area contributed by atoms with E-state index in [2.05, 4.69) is 10.6 Å². The first kappa shape index (κ1) is 9.48. The summed E-state index contributed by atoms with van der Waals surface area (Å²) in [6.45, 7) is 6.52. The van der Waals surface area contributed by atoms with Crippen molar-refractivity contribution in [1.29, 1.82) is 0 Å². The molecule has 0 spiro atoms. The highest BCUT2D eigenvalue weighted by atomic mass is 16.2. The van der Waals surface area contributed by atoms with Crippen molar-refractivity contribution in [2.24, 2.45) is 0 Å². The fourth-order valence-electron chi connectivity index (χ4n) is 1.20. The molecule has 1 fully saturated rings. The van der Waals surface area contributed by atoms with Crippen LogP contribution in [0.4, 0.5) is 0 Å². The Morgan fingerprint density at radius 1 is 1.50 bits per heavy atom. The Hall–Kier alpha value is -0.610. The van der Waals surface area contributed by atoms with Crippen molar-refractivity contribution in [3.8, 4) is 0 Å². The maximum Gasteiger partial charge on any atom is 0.236 e. The molecule has 0 aromatic rings. The summed E-state index contributed by atoms with van der Waals surface area (Å²) >= 11 is 0. The molecule has 0 bridgehead atoms. The molecule has 0 saturated carbocycles. The Bertz CT molecular complexity index is 143. The standard InChI is InChI=1S/C8H16N3O/c1-2-9-7-8(12)11-5-3-10-4-6-11/h9H,2-7H2,1H3. The van der Waals surface area contributed by atoms with Crippen molar-refractivity contribution in [3.63, 3.8) is 0 Å². The molecule has 69 valence electrons. The van der Waals surface area contributed by atoms with Gasteiger partial charge in [0, 0.05) is 26.2 Å². The van der Waals surface area contributed by atoms with E-state index in [9.17, 15) is 4.79 Å². The largest absolute Gasteiger partial charge is 0.339 e. The van der Waals surface area contributed by atoms with Crippen molar-refractivity contribution in [2.75, 3.05) is 39.3 Å². The summed E-state index contributed by atoms with van der Waals surface area (Å²) in [5.74, 6) is 0.201. The molecule has 1 radical (unpaired) electrons. The third-order valence-electron chi connectivity index (χ3n) is 1.93. The lowest BCUT2D eigenvalue weighted by Gasteiger charge is -2.26. The highest BCUT2D eigenvalue weighted by Crippen LogP contribution is 1.92. The van der Waals surface area contributed by atoms with Gasteiger partial charge in [0.1, 0.15) is 0 Å². The molecule has 1 saturated heterocycles. The second-order valence-corrected chi connectivity index (χ2v) is 2.83. The molecule has 0 aromatic carbocycles. The van der Waals surface area contributed by atoms with Crippen molar-refractivity contribution in [2.45, 2.75) is 6.92 Å². The van der Waals surface area contributed by atoms with Crippen LogP contribution in [0, 0.1) is 0 Å². The molecule has 1 amide bonds. The van der Waals surface area contributed by atoms with Gasteiger partial charge in [-0.05, 0) is 6.54 Å². The predicted molar refractivity (Wildman–Crippen MR) is 47.0 cm³/mol. The van der Waals surface area contributed by atoms with Gasteiger partial charge in [-0.2, -0.15) is 0 Å². The molecule has 0 atom stereocenters. The first-order valence-electron chi connectivity index (χ1n) is 4.46. The molecule has 4 nitrogen and oxygen atoms in total. The summed E-state index contributed by atoms with van der Waals surface area (Å²) in [6, 6.07) is 0. The van der Waals surface area contributed by atoms with Crippen LogP contribution >= 0.6 is 0 Å². The smallest absolute Gasteiger partial charge is 0.236 e. The molecule has 1 N–H and O–H groups in total. The minimum absolute atomic E-state index is 0.201. The summed E-state index contributed by atoms with van der Waals surface area (Å²) in [7, 11) is 0. The number of likely N-dealkylation sites (N-methyl/N-ethyl adjacent to an activating group) is 1. The number of hydrogen-bond acceptors (Lipinski definition) is 2. The minimum atomic E-state index is 0.201. The van der Waals surface area contributed by atoms with Crippen LogP contribution in [-0.2, 0) is 4.79 Å². The van der Waals surface area contributed by atoms with Crippen LogP contribution < -0.4 is 10.6 Å². The lowest BCUT2D eigenvalue weighted by molar-refractivity contribution is -0.130. The highest BCUT2D eigenvalue weighted by Gasteiger charge is 2.15. The lowest BCUT2D eigenvalue weighted by Crippen LogP contribution is -2.46. The van der Waals surface area contributed by atoms with Crippen LogP contribution in [0.15, 0.2) is 0 Å². The second kappa shape index (κ2) is 5.11. The van der Waals surface area contributed by atoms with Crippen LogP contribution in [0.25, 0.3) is 0 Å². The molecule has 1 rings (SSSR count). The molecule has 0 unspecified atom stereocenters. The first-order valence-corrected chi connectivity index (χ1v) is 4.46. The number of rotatable bonds is 3. The molecule has 1 aliphatic rings. The van der Waals surface area contributed by atoms with Gasteiger partial charge in [-0.1, -0.05) is 6.92 Å². The maximum atomic E-state index is 11.4. The van der Waals surface area contributed by atoms with E-state index in [1.165, 1.54) is 0 Å². The van der Waals surface area contributed by atoms with Gasteiger partial charge in [0.25, 0.3) is 0 Å². The van der Waals surface area contributed by atoms with E-state index in [1.807, 2.05) is 11.8 Å². The average molecular weight is 170 g/mol. The number of carbonyl (C=O) groups is 1. The number of nitrogens with zero attached hydrogens (tertiary/aromatic N) is 2. The van der Waals surface area contributed by atoms with Crippen LogP contribution in [0.3, 0.4) is 0 Å². The van der Waals surface area contributed by atoms with Gasteiger partial charge in [0.15, 0.2) is 0 Å². The van der Waals surface area contributed by atoms with E-state index >= 15 is 0 Å². The number of hydrogen-bond donors (Lipinski definition) is 1. The van der Waals surface area contributed by atoms with Crippen LogP contribution in [0.2, 0.25) is 0 Å². The summed E-state index contributed by atoms with van der Waals surface area (Å²) in [5.41, 5.74) is 0. The van der Waals surface area contributed by atoms with Gasteiger partial charge < -0.3 is 10.2 Å². The van der Waals surface area contributed by atoms with Crippen molar-refractivity contribution in [3.05, 3.63) is 0 Å². The van der Waals surface area contributed by atoms with Crippen molar-refractivity contribution < 1.29 is 4.79 Å². The normalized spacial score (nSPS) is 17.9. The Labute approximate surface area is 73.3 Å². The van der Waals surface area contributed by atoms with Gasteiger partial charge in [0.05, 0.1) is 6.54 Å². The molecular weight excluding hydrogens is 154 g/mol. The van der Waals surface area contributed by atoms with Gasteiger partial charge in [-0.15, -0.1) is 0 Å². The monoisotopic (exact) mass is 170 g/mol. The number of amides is 1. The SMILES string of the molecule is CCNCC(=O)N1CC[N]CC1. The fourth-order valence-corrected chi connectivity index (χ4v) is 1.20. The lowest BCUT2D eigenvalue weighted by atomic mass is 10.3. The van der Waals surface area contributed by atoms with Crippen molar-refractivity contribution in [1.82, 2.24) is 15.5 Å². The van der Waals surface area contributed by atoms with E-state index in [0.717, 1.165) is 32.7 Å². The number of nitrogens with one attached hydrogen (secondary N) is 1. The Balaban J connectivity index is 2.20. The molecule has 0 aromatic heterocycles. The first-order chi connectivity index (χ1) is 5.84. The number of piperazine rings is 1. The van der Waals surface area contributed by atoms with E-state index in [4.69, 9.17) is 0 Å². The van der Waals surface area contributed by atoms with Gasteiger partial charge >= 0.3 is 0 Å². The predicted octanol–water partition coefficient (Wildman–Crippen LogP) is -0.957. The topological polar surface area (TPSA) is 46.4 Å². The van der Waals surface area contributed by atoms with Gasteiger partial charge in [-0.3, -0.25) is 4.79 Å². The zero-order valence-corrected chi connectivity index (χ0v) is 7.55. The second-order valence-electron chi connectivity index (χ2n) is 2.83. The third-order valence-corrected chi connectivity index (χ3v) is 1.93. The molecule has 12 heavy (non-hydrogen) atoms.